The number of amides is 1. The third-order valence-corrected chi connectivity index (χ3v) is 6.97. The van der Waals surface area contributed by atoms with E-state index in [1.165, 1.54) is 25.8 Å². The van der Waals surface area contributed by atoms with Crippen molar-refractivity contribution >= 4 is 11.6 Å². The van der Waals surface area contributed by atoms with Crippen LogP contribution in [-0.4, -0.2) is 69.8 Å². The van der Waals surface area contributed by atoms with Crippen LogP contribution in [0.1, 0.15) is 34.1 Å². The second kappa shape index (κ2) is 12.8. The summed E-state index contributed by atoms with van der Waals surface area (Å²) in [4.78, 5) is 22.2. The minimum Gasteiger partial charge on any atom is -0.497 e. The lowest BCUT2D eigenvalue weighted by molar-refractivity contribution is -0.143. The number of ether oxygens (including phenoxy) is 1. The van der Waals surface area contributed by atoms with Crippen molar-refractivity contribution in [2.24, 2.45) is 0 Å². The highest BCUT2D eigenvalue weighted by Crippen LogP contribution is 2.37. The molecule has 5 rings (SSSR count). The van der Waals surface area contributed by atoms with E-state index in [0.717, 1.165) is 11.1 Å². The van der Waals surface area contributed by atoms with Gasteiger partial charge < -0.3 is 9.64 Å². The molecule has 0 unspecified atom stereocenters. The van der Waals surface area contributed by atoms with Gasteiger partial charge in [-0.3, -0.25) is 9.69 Å². The predicted molar refractivity (Wildman–Crippen MR) is 144 cm³/mol. The molecule has 0 N–H and O–H groups in total. The van der Waals surface area contributed by atoms with Crippen molar-refractivity contribution in [2.45, 2.75) is 39.3 Å². The second-order valence-electron chi connectivity index (χ2n) is 9.77. The Morgan fingerprint density at radius 2 is 1.69 bits per heavy atom. The van der Waals surface area contributed by atoms with Gasteiger partial charge in [-0.2, -0.15) is 31.4 Å². The van der Waals surface area contributed by atoms with Crippen LogP contribution < -0.4 is 4.74 Å². The molecule has 0 bridgehead atoms. The summed E-state index contributed by atoms with van der Waals surface area (Å²) in [6.45, 7) is 2.17. The molecule has 2 aromatic heterocycles. The first-order valence-corrected chi connectivity index (χ1v) is 13.0. The zero-order valence-electron chi connectivity index (χ0n) is 23.1. The van der Waals surface area contributed by atoms with E-state index in [0.29, 0.717) is 30.9 Å². The zero-order valence-corrected chi connectivity index (χ0v) is 23.1. The molecule has 0 saturated carbocycles. The maximum absolute atomic E-state index is 14.2. The van der Waals surface area contributed by atoms with E-state index in [1.807, 2.05) is 25.1 Å². The Labute approximate surface area is 238 Å². The van der Waals surface area contributed by atoms with Crippen LogP contribution in [0.4, 0.5) is 26.3 Å². The third-order valence-electron chi connectivity index (χ3n) is 6.97. The number of alkyl halides is 6. The minimum absolute atomic E-state index is 0.0496. The van der Waals surface area contributed by atoms with E-state index in [4.69, 9.17) is 4.74 Å². The predicted octanol–water partition coefficient (Wildman–Crippen LogP) is 6.26. The Balaban J connectivity index is 0.000000952. The second-order valence-corrected chi connectivity index (χ2v) is 9.77. The molecule has 1 aliphatic rings. The first-order valence-electron chi connectivity index (χ1n) is 13.0. The van der Waals surface area contributed by atoms with E-state index in [-0.39, 0.29) is 34.4 Å². The monoisotopic (exact) mass is 593 g/mol. The van der Waals surface area contributed by atoms with Crippen molar-refractivity contribution in [3.05, 3.63) is 83.2 Å². The summed E-state index contributed by atoms with van der Waals surface area (Å²) in [6.07, 6.45) is -3.50. The Morgan fingerprint density at radius 3 is 2.26 bits per heavy atom. The number of nitrogens with zero attached hydrogens (tertiary/aromatic N) is 5. The Bertz CT molecular complexity index is 1510. The number of hydrogen-bond acceptors (Lipinski definition) is 5. The highest BCUT2D eigenvalue weighted by molar-refractivity contribution is 6.00. The summed E-state index contributed by atoms with van der Waals surface area (Å²) in [5.41, 5.74) is 0.730. The molecule has 3 heterocycles. The van der Waals surface area contributed by atoms with E-state index < -0.39 is 18.5 Å². The van der Waals surface area contributed by atoms with Gasteiger partial charge in [0.25, 0.3) is 5.91 Å². The molecule has 1 fully saturated rings. The fourth-order valence-corrected chi connectivity index (χ4v) is 5.06. The van der Waals surface area contributed by atoms with Crippen LogP contribution in [0.2, 0.25) is 0 Å². The summed E-state index contributed by atoms with van der Waals surface area (Å²) in [5, 5.41) is 3.98. The van der Waals surface area contributed by atoms with Crippen LogP contribution in [-0.2, 0) is 12.7 Å². The van der Waals surface area contributed by atoms with E-state index in [2.05, 4.69) is 27.1 Å². The highest BCUT2D eigenvalue weighted by Gasteiger charge is 2.39. The van der Waals surface area contributed by atoms with Crippen molar-refractivity contribution in [3.63, 3.8) is 0 Å². The molecule has 7 nitrogen and oxygen atoms in total. The number of piperazine rings is 1. The Hall–Kier alpha value is -4.13. The van der Waals surface area contributed by atoms with Gasteiger partial charge in [-0.05, 0) is 43.7 Å². The van der Waals surface area contributed by atoms with E-state index in [1.54, 1.807) is 29.2 Å². The van der Waals surface area contributed by atoms with Crippen LogP contribution >= 0.6 is 0 Å². The first kappa shape index (κ1) is 30.8. The maximum atomic E-state index is 14.2. The third kappa shape index (κ3) is 6.84. The molecule has 1 saturated heterocycles. The topological polar surface area (TPSA) is 63.0 Å². The molecule has 2 aromatic carbocycles. The number of hydrogen-bond donors (Lipinski definition) is 0. The van der Waals surface area contributed by atoms with Crippen LogP contribution in [0.25, 0.3) is 16.9 Å². The molecule has 224 valence electrons. The SMILES string of the molecule is COc1ccc(-c2nc3c(C(=O)N4CCN(Cc5ccccc5)C[C@H]4C)cnn3c(C(F)(F)F)c2C)cc1.FC(F)F. The molecule has 13 heteroatoms. The lowest BCUT2D eigenvalue weighted by Crippen LogP contribution is -2.53. The normalized spacial score (nSPS) is 16.0. The van der Waals surface area contributed by atoms with Crippen molar-refractivity contribution in [3.8, 4) is 17.0 Å². The number of carbonyl (C=O) groups excluding carboxylic acids is 1. The maximum Gasteiger partial charge on any atom is 0.433 e. The molecule has 0 radical (unpaired) electrons. The lowest BCUT2D eigenvalue weighted by atomic mass is 10.0. The summed E-state index contributed by atoms with van der Waals surface area (Å²) < 4.78 is 77.6. The quantitative estimate of drug-likeness (QED) is 0.256. The average molecular weight is 594 g/mol. The van der Waals surface area contributed by atoms with Gasteiger partial charge in [0, 0.05) is 43.3 Å². The lowest BCUT2D eigenvalue weighted by Gasteiger charge is -2.39. The van der Waals surface area contributed by atoms with Crippen LogP contribution in [0.15, 0.2) is 60.8 Å². The molecule has 1 aliphatic heterocycles. The number of aromatic nitrogens is 3. The van der Waals surface area contributed by atoms with Crippen molar-refractivity contribution in [1.82, 2.24) is 24.4 Å². The van der Waals surface area contributed by atoms with Crippen molar-refractivity contribution in [2.75, 3.05) is 26.7 Å². The highest BCUT2D eigenvalue weighted by atomic mass is 19.4. The van der Waals surface area contributed by atoms with Gasteiger partial charge >= 0.3 is 12.9 Å². The average Bonchev–Trinajstić information content (AvgIpc) is 3.35. The van der Waals surface area contributed by atoms with Crippen molar-refractivity contribution in [1.29, 1.82) is 0 Å². The van der Waals surface area contributed by atoms with Crippen LogP contribution in [0.3, 0.4) is 0 Å². The molecule has 4 aromatic rings. The molecular weight excluding hydrogens is 564 g/mol. The molecular formula is C29H29F6N5O2. The summed E-state index contributed by atoms with van der Waals surface area (Å²) >= 11 is 0. The summed E-state index contributed by atoms with van der Waals surface area (Å²) in [7, 11) is 1.51. The number of methoxy groups -OCH3 is 1. The molecule has 1 amide bonds. The van der Waals surface area contributed by atoms with Gasteiger partial charge in [0.2, 0.25) is 0 Å². The molecule has 42 heavy (non-hydrogen) atoms. The first-order chi connectivity index (χ1) is 19.9. The van der Waals surface area contributed by atoms with E-state index in [9.17, 15) is 31.1 Å². The Morgan fingerprint density at radius 1 is 1.05 bits per heavy atom. The van der Waals surface area contributed by atoms with Crippen LogP contribution in [0.5, 0.6) is 5.75 Å². The zero-order chi connectivity index (χ0) is 30.6. The number of benzene rings is 2. The van der Waals surface area contributed by atoms with Gasteiger partial charge in [0.05, 0.1) is 19.0 Å². The summed E-state index contributed by atoms with van der Waals surface area (Å²) in [6, 6.07) is 16.6. The van der Waals surface area contributed by atoms with Gasteiger partial charge in [-0.1, -0.05) is 30.3 Å². The number of fused-ring (bicyclic) bond motifs is 1. The van der Waals surface area contributed by atoms with Gasteiger partial charge in [-0.15, -0.1) is 0 Å². The van der Waals surface area contributed by atoms with Gasteiger partial charge in [0.15, 0.2) is 11.3 Å². The molecule has 1 atom stereocenters. The fraction of sp³-hybridized carbons (Fsp3) is 0.345. The van der Waals surface area contributed by atoms with Crippen molar-refractivity contribution < 1.29 is 35.9 Å². The van der Waals surface area contributed by atoms with Gasteiger partial charge in [-0.25, -0.2) is 9.50 Å². The van der Waals surface area contributed by atoms with Crippen LogP contribution in [0, 0.1) is 6.92 Å². The fourth-order valence-electron chi connectivity index (χ4n) is 5.06. The largest absolute Gasteiger partial charge is 0.497 e. The number of carbonyl (C=O) groups is 1. The van der Waals surface area contributed by atoms with Gasteiger partial charge in [0.1, 0.15) is 11.3 Å². The molecule has 0 spiro atoms. The number of halogens is 6. The van der Waals surface area contributed by atoms with E-state index >= 15 is 0 Å². The summed E-state index contributed by atoms with van der Waals surface area (Å²) in [5.74, 6) is 0.196. The Kier molecular flexibility index (Phi) is 9.40. The number of rotatable bonds is 5. The minimum atomic E-state index is -4.70. The smallest absolute Gasteiger partial charge is 0.433 e. The molecule has 0 aliphatic carbocycles. The standard InChI is InChI=1S/C28H28F3N5O2.CHF3/c1-18-16-34(17-20-7-5-4-6-8-20)13-14-35(18)27(37)23-15-32-36-25(28(29,30)31)19(2)24(33-26(23)36)21-9-11-22(38-3)12-10-21;2-1(3)4/h4-12,15,18H,13-14,16-17H2,1-3H3;1H/t18-;/m1./s1.